The number of nitrogens with zero attached hydrogens (tertiary/aromatic N) is 4. The van der Waals surface area contributed by atoms with E-state index >= 15 is 0 Å². The Morgan fingerprint density at radius 2 is 1.93 bits per heavy atom. The van der Waals surface area contributed by atoms with Gasteiger partial charge in [-0.3, -0.25) is 4.79 Å². The highest BCUT2D eigenvalue weighted by Gasteiger charge is 2.45. The number of aryl methyl sites for hydroxylation is 1. The molecular weight excluding hydrogens is 372 g/mol. The molecule has 1 amide bonds. The molecule has 1 fully saturated rings. The van der Waals surface area contributed by atoms with Crippen molar-refractivity contribution in [3.8, 4) is 0 Å². The molecular formula is C22H23ClN4O. The Balaban J connectivity index is 1.48. The van der Waals surface area contributed by atoms with Crippen LogP contribution < -0.4 is 0 Å². The van der Waals surface area contributed by atoms with Crippen molar-refractivity contribution in [3.63, 3.8) is 0 Å². The molecule has 0 atom stereocenters. The van der Waals surface area contributed by atoms with Gasteiger partial charge in [0, 0.05) is 42.4 Å². The van der Waals surface area contributed by atoms with Gasteiger partial charge in [-0.2, -0.15) is 5.10 Å². The zero-order chi connectivity index (χ0) is 19.3. The average Bonchev–Trinajstić information content (AvgIpc) is 3.34. The number of benzene rings is 1. The summed E-state index contributed by atoms with van der Waals surface area (Å²) in [6, 6.07) is 9.85. The third-order valence-electron chi connectivity index (χ3n) is 6.32. The van der Waals surface area contributed by atoms with E-state index in [0.717, 1.165) is 61.1 Å². The summed E-state index contributed by atoms with van der Waals surface area (Å²) in [5, 5.41) is 5.29. The first kappa shape index (κ1) is 17.7. The van der Waals surface area contributed by atoms with Crippen molar-refractivity contribution in [3.05, 3.63) is 64.1 Å². The summed E-state index contributed by atoms with van der Waals surface area (Å²) in [7, 11) is 0. The number of fused-ring (bicyclic) bond motifs is 3. The lowest BCUT2D eigenvalue weighted by molar-refractivity contribution is -0.138. The number of amides is 1. The van der Waals surface area contributed by atoms with E-state index in [-0.39, 0.29) is 5.91 Å². The van der Waals surface area contributed by atoms with Crippen molar-refractivity contribution in [2.45, 2.75) is 51.0 Å². The minimum absolute atomic E-state index is 0.245. The lowest BCUT2D eigenvalue weighted by Crippen LogP contribution is -2.47. The van der Waals surface area contributed by atoms with E-state index in [2.05, 4.69) is 10.1 Å². The minimum Gasteiger partial charge on any atom is -0.337 e. The molecule has 1 saturated carbocycles. The van der Waals surface area contributed by atoms with Crippen LogP contribution in [0.2, 0.25) is 5.02 Å². The molecule has 5 rings (SSSR count). The van der Waals surface area contributed by atoms with E-state index in [1.807, 2.05) is 52.9 Å². The number of rotatable bonds is 2. The molecule has 28 heavy (non-hydrogen) atoms. The third kappa shape index (κ3) is 2.72. The molecule has 2 aliphatic rings. The second-order valence-electron chi connectivity index (χ2n) is 8.06. The maximum atomic E-state index is 13.7. The first-order chi connectivity index (χ1) is 13.6. The van der Waals surface area contributed by atoms with Crippen LogP contribution in [0.25, 0.3) is 5.65 Å². The first-order valence-corrected chi connectivity index (χ1v) is 10.3. The lowest BCUT2D eigenvalue weighted by atomic mass is 9.77. The van der Waals surface area contributed by atoms with Crippen LogP contribution in [0.3, 0.4) is 0 Å². The molecule has 6 heteroatoms. The Morgan fingerprint density at radius 1 is 1.18 bits per heavy atom. The number of halogens is 1. The topological polar surface area (TPSA) is 50.5 Å². The van der Waals surface area contributed by atoms with Crippen LogP contribution in [0.5, 0.6) is 0 Å². The number of aromatic nitrogens is 3. The summed E-state index contributed by atoms with van der Waals surface area (Å²) < 4.78 is 1.94. The van der Waals surface area contributed by atoms with E-state index in [0.29, 0.717) is 11.6 Å². The predicted octanol–water partition coefficient (Wildman–Crippen LogP) is 4.09. The number of carbonyl (C=O) groups excluding carboxylic acids is 1. The summed E-state index contributed by atoms with van der Waals surface area (Å²) in [4.78, 5) is 20.3. The average molecular weight is 395 g/mol. The van der Waals surface area contributed by atoms with Gasteiger partial charge in [-0.25, -0.2) is 9.50 Å². The van der Waals surface area contributed by atoms with Gasteiger partial charge < -0.3 is 4.90 Å². The summed E-state index contributed by atoms with van der Waals surface area (Å²) in [5.74, 6) is 0.245. The van der Waals surface area contributed by atoms with Gasteiger partial charge in [-0.05, 0) is 37.5 Å². The Bertz CT molecular complexity index is 1050. The molecule has 3 heterocycles. The Kier molecular flexibility index (Phi) is 4.16. The van der Waals surface area contributed by atoms with Crippen LogP contribution in [0, 0.1) is 6.92 Å². The zero-order valence-electron chi connectivity index (χ0n) is 16.0. The normalized spacial score (nSPS) is 18.4. The van der Waals surface area contributed by atoms with Crippen LogP contribution in [0.15, 0.2) is 36.5 Å². The maximum Gasteiger partial charge on any atom is 0.233 e. The summed E-state index contributed by atoms with van der Waals surface area (Å²) >= 11 is 6.09. The van der Waals surface area contributed by atoms with E-state index in [1.54, 1.807) is 0 Å². The van der Waals surface area contributed by atoms with Gasteiger partial charge >= 0.3 is 0 Å². The number of hydrogen-bond acceptors (Lipinski definition) is 3. The fourth-order valence-electron chi connectivity index (χ4n) is 4.90. The molecule has 1 aliphatic carbocycles. The maximum absolute atomic E-state index is 13.7. The molecule has 2 aromatic heterocycles. The smallest absolute Gasteiger partial charge is 0.233 e. The number of hydrogen-bond donors (Lipinski definition) is 0. The highest BCUT2D eigenvalue weighted by molar-refractivity contribution is 6.30. The molecule has 0 radical (unpaired) electrons. The molecule has 1 aromatic carbocycles. The van der Waals surface area contributed by atoms with Gasteiger partial charge in [0.05, 0.1) is 16.8 Å². The Morgan fingerprint density at radius 3 is 2.68 bits per heavy atom. The monoisotopic (exact) mass is 394 g/mol. The molecule has 3 aromatic rings. The van der Waals surface area contributed by atoms with Crippen LogP contribution >= 0.6 is 11.6 Å². The Hall–Kier alpha value is -2.40. The zero-order valence-corrected chi connectivity index (χ0v) is 16.7. The fraction of sp³-hybridized carbons (Fsp3) is 0.409. The van der Waals surface area contributed by atoms with E-state index in [1.165, 1.54) is 5.69 Å². The van der Waals surface area contributed by atoms with E-state index in [9.17, 15) is 4.79 Å². The lowest BCUT2D eigenvalue weighted by Gasteiger charge is -2.37. The van der Waals surface area contributed by atoms with E-state index < -0.39 is 5.41 Å². The van der Waals surface area contributed by atoms with Gasteiger partial charge in [0.25, 0.3) is 0 Å². The van der Waals surface area contributed by atoms with Gasteiger partial charge in [0.1, 0.15) is 0 Å². The van der Waals surface area contributed by atoms with Crippen LogP contribution in [-0.2, 0) is 23.2 Å². The van der Waals surface area contributed by atoms with Gasteiger partial charge in [0.15, 0.2) is 5.65 Å². The van der Waals surface area contributed by atoms with Crippen molar-refractivity contribution < 1.29 is 4.79 Å². The van der Waals surface area contributed by atoms with Crippen LogP contribution in [0.4, 0.5) is 0 Å². The minimum atomic E-state index is -0.415. The van der Waals surface area contributed by atoms with Crippen molar-refractivity contribution in [2.24, 2.45) is 0 Å². The second-order valence-corrected chi connectivity index (χ2v) is 8.50. The fourth-order valence-corrected chi connectivity index (χ4v) is 5.03. The molecule has 144 valence electrons. The molecule has 0 saturated heterocycles. The second kappa shape index (κ2) is 6.59. The van der Waals surface area contributed by atoms with E-state index in [4.69, 9.17) is 11.6 Å². The summed E-state index contributed by atoms with van der Waals surface area (Å²) in [6.45, 7) is 3.31. The third-order valence-corrected chi connectivity index (χ3v) is 6.57. The molecule has 5 nitrogen and oxygen atoms in total. The number of carbonyl (C=O) groups is 1. The largest absolute Gasteiger partial charge is 0.337 e. The highest BCUT2D eigenvalue weighted by atomic mass is 35.5. The highest BCUT2D eigenvalue weighted by Crippen LogP contribution is 2.43. The van der Waals surface area contributed by atoms with Crippen LogP contribution in [-0.4, -0.2) is 31.9 Å². The molecule has 0 spiro atoms. The summed E-state index contributed by atoms with van der Waals surface area (Å²) in [6.07, 6.45) is 6.72. The molecule has 0 N–H and O–H groups in total. The molecule has 1 aliphatic heterocycles. The van der Waals surface area contributed by atoms with Crippen molar-refractivity contribution in [1.82, 2.24) is 19.5 Å². The first-order valence-electron chi connectivity index (χ1n) is 9.95. The summed E-state index contributed by atoms with van der Waals surface area (Å²) in [5.41, 5.74) is 4.80. The van der Waals surface area contributed by atoms with Gasteiger partial charge in [0.2, 0.25) is 5.91 Å². The molecule has 0 bridgehead atoms. The van der Waals surface area contributed by atoms with Crippen molar-refractivity contribution in [1.29, 1.82) is 0 Å². The Labute approximate surface area is 169 Å². The predicted molar refractivity (Wildman–Crippen MR) is 108 cm³/mol. The SMILES string of the molecule is Cc1cc2ncc3c(n2n1)CCN(C(=O)C1(c2ccc(Cl)cc2)CCCC1)C3. The standard InChI is InChI=1S/C22H23ClN4O/c1-15-12-20-24-13-16-14-26(11-8-19(16)27(20)25-15)21(28)22(9-2-3-10-22)17-4-6-18(23)7-5-17/h4-7,12-13H,2-3,8-11,14H2,1H3. The van der Waals surface area contributed by atoms with Gasteiger partial charge in [-0.1, -0.05) is 36.6 Å². The quantitative estimate of drug-likeness (QED) is 0.657. The van der Waals surface area contributed by atoms with Crippen LogP contribution in [0.1, 0.15) is 48.2 Å². The van der Waals surface area contributed by atoms with Crippen molar-refractivity contribution in [2.75, 3.05) is 6.54 Å². The molecule has 0 unspecified atom stereocenters. The van der Waals surface area contributed by atoms with Crippen molar-refractivity contribution >= 4 is 23.2 Å². The van der Waals surface area contributed by atoms with Gasteiger partial charge in [-0.15, -0.1) is 0 Å².